The van der Waals surface area contributed by atoms with Crippen molar-refractivity contribution in [3.05, 3.63) is 42.0 Å². The van der Waals surface area contributed by atoms with E-state index in [1.165, 1.54) is 0 Å². The lowest BCUT2D eigenvalue weighted by molar-refractivity contribution is 0.0981. The second kappa shape index (κ2) is 5.67. The van der Waals surface area contributed by atoms with Gasteiger partial charge in [-0.25, -0.2) is 0 Å². The Morgan fingerprint density at radius 2 is 2.17 bits per heavy atom. The molecule has 2 rings (SSSR count). The van der Waals surface area contributed by atoms with E-state index in [4.69, 9.17) is 0 Å². The lowest BCUT2D eigenvalue weighted by Crippen LogP contribution is -1.98. The van der Waals surface area contributed by atoms with Gasteiger partial charge >= 0.3 is 0 Å². The van der Waals surface area contributed by atoms with Gasteiger partial charge in [-0.3, -0.25) is 9.48 Å². The summed E-state index contributed by atoms with van der Waals surface area (Å²) in [7, 11) is 0. The molecular weight excluding hydrogens is 226 g/mol. The second-order valence-electron chi connectivity index (χ2n) is 4.45. The molecule has 2 aromatic rings. The number of aryl methyl sites for hydroxylation is 1. The maximum atomic E-state index is 11.7. The van der Waals surface area contributed by atoms with Gasteiger partial charge in [-0.1, -0.05) is 6.92 Å². The first-order chi connectivity index (χ1) is 8.72. The van der Waals surface area contributed by atoms with E-state index < -0.39 is 0 Å². The van der Waals surface area contributed by atoms with Crippen LogP contribution < -0.4 is 0 Å². The number of hydrogen-bond acceptors (Lipinski definition) is 2. The van der Waals surface area contributed by atoms with Crippen LogP contribution in [0.5, 0.6) is 0 Å². The van der Waals surface area contributed by atoms with Gasteiger partial charge in [0, 0.05) is 42.7 Å². The van der Waals surface area contributed by atoms with Crippen molar-refractivity contribution in [2.24, 2.45) is 0 Å². The van der Waals surface area contributed by atoms with E-state index in [1.807, 2.05) is 47.0 Å². The zero-order valence-corrected chi connectivity index (χ0v) is 11.0. The zero-order valence-electron chi connectivity index (χ0n) is 11.0. The first-order valence-corrected chi connectivity index (χ1v) is 6.43. The second-order valence-corrected chi connectivity index (χ2v) is 4.45. The fraction of sp³-hybridized carbons (Fsp3) is 0.429. The van der Waals surface area contributed by atoms with Gasteiger partial charge in [-0.05, 0) is 19.4 Å². The van der Waals surface area contributed by atoms with Gasteiger partial charge < -0.3 is 4.57 Å². The van der Waals surface area contributed by atoms with E-state index in [9.17, 15) is 4.79 Å². The molecule has 0 bridgehead atoms. The molecule has 0 saturated carbocycles. The standard InChI is InChI=1S/C14H19N3O/c1-3-5-14(18)13-6-7-16(11-13)9-12-8-15-17(4-2)10-12/h6-8,10-11H,3-5,9H2,1-2H3. The Bertz CT molecular complexity index is 525. The fourth-order valence-corrected chi connectivity index (χ4v) is 1.95. The predicted molar refractivity (Wildman–Crippen MR) is 70.7 cm³/mol. The van der Waals surface area contributed by atoms with Crippen molar-refractivity contribution in [1.82, 2.24) is 14.3 Å². The molecule has 0 fully saturated rings. The molecule has 0 radical (unpaired) electrons. The van der Waals surface area contributed by atoms with Gasteiger partial charge in [-0.2, -0.15) is 5.10 Å². The molecule has 2 heterocycles. The monoisotopic (exact) mass is 245 g/mol. The molecule has 0 N–H and O–H groups in total. The highest BCUT2D eigenvalue weighted by atomic mass is 16.1. The van der Waals surface area contributed by atoms with E-state index in [2.05, 4.69) is 12.0 Å². The predicted octanol–water partition coefficient (Wildman–Crippen LogP) is 2.74. The third-order valence-electron chi connectivity index (χ3n) is 2.93. The van der Waals surface area contributed by atoms with Gasteiger partial charge in [0.05, 0.1) is 12.7 Å². The van der Waals surface area contributed by atoms with Crippen LogP contribution in [0.25, 0.3) is 0 Å². The molecule has 0 unspecified atom stereocenters. The van der Waals surface area contributed by atoms with Crippen molar-refractivity contribution in [3.63, 3.8) is 0 Å². The summed E-state index contributed by atoms with van der Waals surface area (Å²) >= 11 is 0. The molecule has 0 amide bonds. The lowest BCUT2D eigenvalue weighted by Gasteiger charge is -1.99. The van der Waals surface area contributed by atoms with E-state index in [-0.39, 0.29) is 5.78 Å². The van der Waals surface area contributed by atoms with Crippen LogP contribution in [0.2, 0.25) is 0 Å². The van der Waals surface area contributed by atoms with Gasteiger partial charge in [0.1, 0.15) is 0 Å². The molecule has 0 saturated heterocycles. The molecule has 0 aliphatic rings. The number of hydrogen-bond donors (Lipinski definition) is 0. The Morgan fingerprint density at radius 3 is 2.83 bits per heavy atom. The highest BCUT2D eigenvalue weighted by Gasteiger charge is 2.06. The SMILES string of the molecule is CCCC(=O)c1ccn(Cc2cnn(CC)c2)c1. The summed E-state index contributed by atoms with van der Waals surface area (Å²) in [6.45, 7) is 5.73. The first kappa shape index (κ1) is 12.6. The molecular formula is C14H19N3O. The summed E-state index contributed by atoms with van der Waals surface area (Å²) in [5.41, 5.74) is 1.96. The summed E-state index contributed by atoms with van der Waals surface area (Å²) in [6.07, 6.45) is 9.29. The van der Waals surface area contributed by atoms with Crippen LogP contribution in [0, 0.1) is 0 Å². The Morgan fingerprint density at radius 1 is 1.33 bits per heavy atom. The highest BCUT2D eigenvalue weighted by Crippen LogP contribution is 2.09. The molecule has 4 nitrogen and oxygen atoms in total. The van der Waals surface area contributed by atoms with Crippen LogP contribution in [0.1, 0.15) is 42.6 Å². The maximum Gasteiger partial charge on any atom is 0.164 e. The minimum Gasteiger partial charge on any atom is -0.349 e. The summed E-state index contributed by atoms with van der Waals surface area (Å²) in [4.78, 5) is 11.7. The minimum absolute atomic E-state index is 0.223. The highest BCUT2D eigenvalue weighted by molar-refractivity contribution is 5.95. The summed E-state index contributed by atoms with van der Waals surface area (Å²) in [5.74, 6) is 0.223. The molecule has 0 spiro atoms. The molecule has 96 valence electrons. The third-order valence-corrected chi connectivity index (χ3v) is 2.93. The number of ketones is 1. The van der Waals surface area contributed by atoms with E-state index in [1.54, 1.807) is 0 Å². The van der Waals surface area contributed by atoms with Crippen LogP contribution >= 0.6 is 0 Å². The van der Waals surface area contributed by atoms with Gasteiger partial charge in [0.15, 0.2) is 5.78 Å². The van der Waals surface area contributed by atoms with Crippen LogP contribution in [-0.2, 0) is 13.1 Å². The molecule has 18 heavy (non-hydrogen) atoms. The van der Waals surface area contributed by atoms with Crippen molar-refractivity contribution < 1.29 is 4.79 Å². The maximum absolute atomic E-state index is 11.7. The number of Topliss-reactive ketones (excluding diaryl/α,β-unsaturated/α-hetero) is 1. The van der Waals surface area contributed by atoms with Crippen LogP contribution in [0.15, 0.2) is 30.9 Å². The average molecular weight is 245 g/mol. The van der Waals surface area contributed by atoms with Crippen LogP contribution in [-0.4, -0.2) is 20.1 Å². The normalized spacial score (nSPS) is 10.8. The van der Waals surface area contributed by atoms with E-state index in [0.717, 1.165) is 30.6 Å². The first-order valence-electron chi connectivity index (χ1n) is 6.43. The average Bonchev–Trinajstić information content (AvgIpc) is 2.99. The van der Waals surface area contributed by atoms with Gasteiger partial charge in [0.25, 0.3) is 0 Å². The Hall–Kier alpha value is -1.84. The van der Waals surface area contributed by atoms with Crippen molar-refractivity contribution >= 4 is 5.78 Å². The van der Waals surface area contributed by atoms with Gasteiger partial charge in [0.2, 0.25) is 0 Å². The van der Waals surface area contributed by atoms with E-state index >= 15 is 0 Å². The molecule has 2 aromatic heterocycles. The summed E-state index contributed by atoms with van der Waals surface area (Å²) in [5, 5.41) is 4.24. The van der Waals surface area contributed by atoms with Crippen molar-refractivity contribution in [2.75, 3.05) is 0 Å². The Labute approximate surface area is 107 Å². The number of rotatable bonds is 6. The van der Waals surface area contributed by atoms with Crippen LogP contribution in [0.4, 0.5) is 0 Å². The molecule has 0 atom stereocenters. The summed E-state index contributed by atoms with van der Waals surface area (Å²) in [6, 6.07) is 1.89. The van der Waals surface area contributed by atoms with E-state index in [0.29, 0.717) is 6.42 Å². The number of aromatic nitrogens is 3. The van der Waals surface area contributed by atoms with Crippen molar-refractivity contribution in [1.29, 1.82) is 0 Å². The Kier molecular flexibility index (Phi) is 3.97. The molecule has 0 aliphatic heterocycles. The molecule has 0 aliphatic carbocycles. The largest absolute Gasteiger partial charge is 0.349 e. The zero-order chi connectivity index (χ0) is 13.0. The smallest absolute Gasteiger partial charge is 0.164 e. The third kappa shape index (κ3) is 2.88. The summed E-state index contributed by atoms with van der Waals surface area (Å²) < 4.78 is 3.93. The molecule has 4 heteroatoms. The Balaban J connectivity index is 2.04. The van der Waals surface area contributed by atoms with Gasteiger partial charge in [-0.15, -0.1) is 0 Å². The fourth-order valence-electron chi connectivity index (χ4n) is 1.95. The molecule has 0 aromatic carbocycles. The lowest BCUT2D eigenvalue weighted by atomic mass is 10.1. The number of carbonyl (C=O) groups excluding carboxylic acids is 1. The quantitative estimate of drug-likeness (QED) is 0.734. The van der Waals surface area contributed by atoms with Crippen LogP contribution in [0.3, 0.4) is 0 Å². The number of carbonyl (C=O) groups is 1. The minimum atomic E-state index is 0.223. The van der Waals surface area contributed by atoms with Crippen molar-refractivity contribution in [3.8, 4) is 0 Å². The topological polar surface area (TPSA) is 39.8 Å². The number of nitrogens with zero attached hydrogens (tertiary/aromatic N) is 3. The van der Waals surface area contributed by atoms with Crippen molar-refractivity contribution in [2.45, 2.75) is 39.8 Å².